The number of nitrogens with two attached hydrogens (primary N) is 1. The standard InChI is InChI=1S/C24H31N5O2/c25-23(31)24(21-7-2-3-13-26-21)12-6-14-28(18-24)17-22(30)27-19-8-10-20(11-9-19)29-15-4-1-5-16-29/h2-3,7-11,13H,1,4-6,12,14-18H2,(H2,25,31)(H,27,30)/t24-/m0/s1. The van der Waals surface area contributed by atoms with Gasteiger partial charge in [-0.15, -0.1) is 0 Å². The summed E-state index contributed by atoms with van der Waals surface area (Å²) in [5.74, 6) is -0.475. The molecule has 1 atom stereocenters. The van der Waals surface area contributed by atoms with Gasteiger partial charge in [-0.2, -0.15) is 0 Å². The number of piperidine rings is 2. The number of nitrogens with one attached hydrogen (secondary N) is 1. The smallest absolute Gasteiger partial charge is 0.238 e. The van der Waals surface area contributed by atoms with Gasteiger partial charge in [-0.05, 0) is 75.0 Å². The van der Waals surface area contributed by atoms with Crippen molar-refractivity contribution in [2.75, 3.05) is 42.9 Å². The number of likely N-dealkylation sites (tertiary alicyclic amines) is 1. The minimum Gasteiger partial charge on any atom is -0.372 e. The fourth-order valence-corrected chi connectivity index (χ4v) is 4.77. The molecular weight excluding hydrogens is 390 g/mol. The molecule has 2 amide bonds. The topological polar surface area (TPSA) is 91.6 Å². The maximum absolute atomic E-state index is 12.7. The lowest BCUT2D eigenvalue weighted by Gasteiger charge is -2.40. The molecule has 0 saturated carbocycles. The number of aromatic nitrogens is 1. The highest BCUT2D eigenvalue weighted by molar-refractivity contribution is 5.92. The summed E-state index contributed by atoms with van der Waals surface area (Å²) in [4.78, 5) is 33.9. The molecule has 0 radical (unpaired) electrons. The summed E-state index contributed by atoms with van der Waals surface area (Å²) in [5, 5.41) is 2.98. The zero-order chi connectivity index (χ0) is 21.7. The van der Waals surface area contributed by atoms with E-state index in [1.165, 1.54) is 24.9 Å². The molecule has 164 valence electrons. The number of hydrogen-bond acceptors (Lipinski definition) is 5. The average Bonchev–Trinajstić information content (AvgIpc) is 2.80. The highest BCUT2D eigenvalue weighted by Crippen LogP contribution is 2.32. The van der Waals surface area contributed by atoms with E-state index in [0.717, 1.165) is 31.7 Å². The Morgan fingerprint density at radius 2 is 1.77 bits per heavy atom. The molecule has 0 bridgehead atoms. The molecule has 1 aromatic carbocycles. The van der Waals surface area contributed by atoms with Crippen LogP contribution >= 0.6 is 0 Å². The van der Waals surface area contributed by atoms with Crippen molar-refractivity contribution >= 4 is 23.2 Å². The highest BCUT2D eigenvalue weighted by Gasteiger charge is 2.43. The molecule has 2 aliphatic rings. The van der Waals surface area contributed by atoms with E-state index in [0.29, 0.717) is 18.7 Å². The van der Waals surface area contributed by atoms with Gasteiger partial charge in [-0.25, -0.2) is 0 Å². The number of hydrogen-bond donors (Lipinski definition) is 2. The molecule has 0 unspecified atom stereocenters. The Bertz CT molecular complexity index is 896. The van der Waals surface area contributed by atoms with Crippen molar-refractivity contribution in [1.29, 1.82) is 0 Å². The lowest BCUT2D eigenvalue weighted by Crippen LogP contribution is -2.55. The molecule has 3 heterocycles. The van der Waals surface area contributed by atoms with Crippen molar-refractivity contribution in [2.24, 2.45) is 5.73 Å². The van der Waals surface area contributed by atoms with Crippen LogP contribution in [0.25, 0.3) is 0 Å². The zero-order valence-electron chi connectivity index (χ0n) is 17.9. The summed E-state index contributed by atoms with van der Waals surface area (Å²) in [6.45, 7) is 3.57. The fourth-order valence-electron chi connectivity index (χ4n) is 4.77. The van der Waals surface area contributed by atoms with Gasteiger partial charge < -0.3 is 16.0 Å². The van der Waals surface area contributed by atoms with E-state index in [1.807, 2.05) is 35.2 Å². The van der Waals surface area contributed by atoms with Crippen LogP contribution in [-0.4, -0.2) is 54.4 Å². The van der Waals surface area contributed by atoms with Crippen LogP contribution < -0.4 is 16.0 Å². The number of primary amides is 1. The predicted octanol–water partition coefficient (Wildman–Crippen LogP) is 2.53. The molecule has 31 heavy (non-hydrogen) atoms. The van der Waals surface area contributed by atoms with Gasteiger partial charge in [0.2, 0.25) is 11.8 Å². The second kappa shape index (κ2) is 9.47. The monoisotopic (exact) mass is 421 g/mol. The summed E-state index contributed by atoms with van der Waals surface area (Å²) < 4.78 is 0. The second-order valence-corrected chi connectivity index (χ2v) is 8.62. The Kier molecular flexibility index (Phi) is 6.51. The molecule has 7 heteroatoms. The molecule has 1 aromatic heterocycles. The van der Waals surface area contributed by atoms with E-state index in [1.54, 1.807) is 6.20 Å². The Morgan fingerprint density at radius 3 is 2.45 bits per heavy atom. The Labute approximate surface area is 183 Å². The number of amides is 2. The molecule has 0 aliphatic carbocycles. The first-order valence-corrected chi connectivity index (χ1v) is 11.2. The molecule has 2 saturated heterocycles. The summed E-state index contributed by atoms with van der Waals surface area (Å²) in [6.07, 6.45) is 6.89. The minimum atomic E-state index is -0.851. The van der Waals surface area contributed by atoms with Gasteiger partial charge in [-0.3, -0.25) is 19.5 Å². The number of carbonyl (C=O) groups excluding carboxylic acids is 2. The number of pyridine rings is 1. The lowest BCUT2D eigenvalue weighted by atomic mass is 9.76. The number of carbonyl (C=O) groups is 2. The van der Waals surface area contributed by atoms with Gasteiger partial charge >= 0.3 is 0 Å². The van der Waals surface area contributed by atoms with Crippen LogP contribution in [0.4, 0.5) is 11.4 Å². The minimum absolute atomic E-state index is 0.0907. The molecular formula is C24H31N5O2. The fraction of sp³-hybridized carbons (Fsp3) is 0.458. The van der Waals surface area contributed by atoms with Crippen LogP contribution in [0.3, 0.4) is 0 Å². The van der Waals surface area contributed by atoms with Crippen LogP contribution in [0.15, 0.2) is 48.7 Å². The van der Waals surface area contributed by atoms with E-state index in [2.05, 4.69) is 27.3 Å². The van der Waals surface area contributed by atoms with E-state index in [-0.39, 0.29) is 18.4 Å². The van der Waals surface area contributed by atoms with Gasteiger partial charge in [0, 0.05) is 37.2 Å². The zero-order valence-corrected chi connectivity index (χ0v) is 17.9. The Balaban J connectivity index is 1.37. The molecule has 3 N–H and O–H groups in total. The summed E-state index contributed by atoms with van der Waals surface area (Å²) in [5.41, 5.74) is 7.64. The first-order chi connectivity index (χ1) is 15.1. The van der Waals surface area contributed by atoms with E-state index in [9.17, 15) is 9.59 Å². The first kappa shape index (κ1) is 21.3. The molecule has 2 aliphatic heterocycles. The van der Waals surface area contributed by atoms with Gasteiger partial charge in [0.05, 0.1) is 12.2 Å². The quantitative estimate of drug-likeness (QED) is 0.748. The maximum atomic E-state index is 12.7. The van der Waals surface area contributed by atoms with Crippen LogP contribution in [-0.2, 0) is 15.0 Å². The van der Waals surface area contributed by atoms with Gasteiger partial charge in [0.25, 0.3) is 0 Å². The highest BCUT2D eigenvalue weighted by atomic mass is 16.2. The van der Waals surface area contributed by atoms with Crippen molar-refractivity contribution in [3.05, 3.63) is 54.4 Å². The first-order valence-electron chi connectivity index (χ1n) is 11.2. The number of anilines is 2. The summed E-state index contributed by atoms with van der Waals surface area (Å²) >= 11 is 0. The van der Waals surface area contributed by atoms with Crippen LogP contribution in [0, 0.1) is 0 Å². The normalized spacial score (nSPS) is 22.1. The Hall–Kier alpha value is -2.93. The molecule has 2 aromatic rings. The van der Waals surface area contributed by atoms with Crippen molar-refractivity contribution in [2.45, 2.75) is 37.5 Å². The summed E-state index contributed by atoms with van der Waals surface area (Å²) in [7, 11) is 0. The van der Waals surface area contributed by atoms with Crippen molar-refractivity contribution in [3.63, 3.8) is 0 Å². The van der Waals surface area contributed by atoms with E-state index in [4.69, 9.17) is 5.73 Å². The lowest BCUT2D eigenvalue weighted by molar-refractivity contribution is -0.127. The van der Waals surface area contributed by atoms with Crippen LogP contribution in [0.2, 0.25) is 0 Å². The predicted molar refractivity (Wildman–Crippen MR) is 122 cm³/mol. The van der Waals surface area contributed by atoms with Crippen LogP contribution in [0.5, 0.6) is 0 Å². The van der Waals surface area contributed by atoms with Crippen molar-refractivity contribution < 1.29 is 9.59 Å². The van der Waals surface area contributed by atoms with Gasteiger partial charge in [0.1, 0.15) is 5.41 Å². The largest absolute Gasteiger partial charge is 0.372 e. The number of rotatable bonds is 6. The maximum Gasteiger partial charge on any atom is 0.238 e. The van der Waals surface area contributed by atoms with E-state index < -0.39 is 5.41 Å². The Morgan fingerprint density at radius 1 is 1.00 bits per heavy atom. The second-order valence-electron chi connectivity index (χ2n) is 8.62. The number of benzene rings is 1. The third kappa shape index (κ3) is 4.88. The third-order valence-electron chi connectivity index (χ3n) is 6.44. The van der Waals surface area contributed by atoms with E-state index >= 15 is 0 Å². The molecule has 2 fully saturated rings. The number of nitrogens with zero attached hydrogens (tertiary/aromatic N) is 3. The molecule has 7 nitrogen and oxygen atoms in total. The summed E-state index contributed by atoms with van der Waals surface area (Å²) in [6, 6.07) is 13.6. The SMILES string of the molecule is NC(=O)[C@@]1(c2ccccn2)CCCN(CC(=O)Nc2ccc(N3CCCCC3)cc2)C1. The van der Waals surface area contributed by atoms with Crippen molar-refractivity contribution in [1.82, 2.24) is 9.88 Å². The van der Waals surface area contributed by atoms with Gasteiger partial charge in [0.15, 0.2) is 0 Å². The third-order valence-corrected chi connectivity index (χ3v) is 6.44. The molecule has 0 spiro atoms. The molecule has 4 rings (SSSR count). The van der Waals surface area contributed by atoms with Crippen LogP contribution in [0.1, 0.15) is 37.8 Å². The van der Waals surface area contributed by atoms with Crippen molar-refractivity contribution in [3.8, 4) is 0 Å². The average molecular weight is 422 g/mol. The van der Waals surface area contributed by atoms with Gasteiger partial charge in [-0.1, -0.05) is 6.07 Å².